The molecule has 7 nitrogen and oxygen atoms in total. The largest absolute Gasteiger partial charge is 0.495 e. The zero-order chi connectivity index (χ0) is 22.1. The van der Waals surface area contributed by atoms with Crippen LogP contribution in [0.15, 0.2) is 47.2 Å². The van der Waals surface area contributed by atoms with E-state index in [9.17, 15) is 18.8 Å². The molecular formula is C22H21ClFN3O4. The molecule has 162 valence electrons. The van der Waals surface area contributed by atoms with Crippen molar-refractivity contribution in [1.29, 1.82) is 0 Å². The molecule has 1 saturated heterocycles. The Hall–Kier alpha value is -3.00. The van der Waals surface area contributed by atoms with Crippen LogP contribution in [-0.4, -0.2) is 59.6 Å². The van der Waals surface area contributed by atoms with Crippen molar-refractivity contribution in [3.63, 3.8) is 0 Å². The fourth-order valence-corrected chi connectivity index (χ4v) is 4.38. The van der Waals surface area contributed by atoms with Crippen LogP contribution in [0.4, 0.5) is 9.18 Å². The first-order valence-corrected chi connectivity index (χ1v) is 10.4. The maximum absolute atomic E-state index is 13.6. The van der Waals surface area contributed by atoms with Crippen molar-refractivity contribution in [2.45, 2.75) is 25.3 Å². The summed E-state index contributed by atoms with van der Waals surface area (Å²) < 4.78 is 18.7. The van der Waals surface area contributed by atoms with Gasteiger partial charge in [0.15, 0.2) is 0 Å². The second-order valence-corrected chi connectivity index (χ2v) is 8.05. The minimum Gasteiger partial charge on any atom is -0.495 e. The molecule has 1 aromatic rings. The second kappa shape index (κ2) is 8.63. The Balaban J connectivity index is 1.38. The Bertz CT molecular complexity index is 1030. The Kier molecular flexibility index (Phi) is 5.91. The number of nitrogens with zero attached hydrogens (tertiary/aromatic N) is 3. The lowest BCUT2D eigenvalue weighted by atomic mass is 9.92. The molecule has 0 radical (unpaired) electrons. The number of amides is 4. The van der Waals surface area contributed by atoms with E-state index in [2.05, 4.69) is 4.99 Å². The van der Waals surface area contributed by atoms with Gasteiger partial charge in [0.05, 0.1) is 24.3 Å². The van der Waals surface area contributed by atoms with Crippen molar-refractivity contribution in [3.05, 3.63) is 52.8 Å². The Morgan fingerprint density at radius 3 is 2.68 bits per heavy atom. The Labute approximate surface area is 183 Å². The number of piperidine rings is 1. The summed E-state index contributed by atoms with van der Waals surface area (Å²) in [5.74, 6) is -1.37. The fourth-order valence-electron chi connectivity index (χ4n) is 4.10. The summed E-state index contributed by atoms with van der Waals surface area (Å²) >= 11 is 6.13. The van der Waals surface area contributed by atoms with Gasteiger partial charge < -0.3 is 9.64 Å². The maximum Gasteiger partial charge on any atom is 0.350 e. The van der Waals surface area contributed by atoms with Crippen molar-refractivity contribution in [3.8, 4) is 5.75 Å². The van der Waals surface area contributed by atoms with Crippen LogP contribution in [0.25, 0.3) is 0 Å². The van der Waals surface area contributed by atoms with E-state index in [1.54, 1.807) is 23.1 Å². The van der Waals surface area contributed by atoms with Gasteiger partial charge in [-0.2, -0.15) is 4.99 Å². The summed E-state index contributed by atoms with van der Waals surface area (Å²) in [5, 5.41) is 0.441. The zero-order valence-electron chi connectivity index (χ0n) is 16.9. The molecule has 1 atom stereocenters. The number of hydrogen-bond donors (Lipinski definition) is 0. The van der Waals surface area contributed by atoms with E-state index >= 15 is 0 Å². The van der Waals surface area contributed by atoms with Crippen molar-refractivity contribution >= 4 is 35.2 Å². The highest BCUT2D eigenvalue weighted by Crippen LogP contribution is 2.28. The van der Waals surface area contributed by atoms with E-state index in [1.807, 2.05) is 0 Å². The molecule has 1 aromatic carbocycles. The molecule has 1 unspecified atom stereocenters. The van der Waals surface area contributed by atoms with Gasteiger partial charge in [-0.05, 0) is 48.8 Å². The van der Waals surface area contributed by atoms with Gasteiger partial charge >= 0.3 is 6.03 Å². The number of likely N-dealkylation sites (tertiary alicyclic amines) is 1. The van der Waals surface area contributed by atoms with Gasteiger partial charge in [0.2, 0.25) is 11.8 Å². The van der Waals surface area contributed by atoms with Gasteiger partial charge in [0.25, 0.3) is 0 Å². The average Bonchev–Trinajstić information content (AvgIpc) is 2.75. The highest BCUT2D eigenvalue weighted by atomic mass is 35.5. The quantitative estimate of drug-likeness (QED) is 0.712. The minimum atomic E-state index is -0.873. The summed E-state index contributed by atoms with van der Waals surface area (Å²) in [5.41, 5.74) is 1.04. The predicted molar refractivity (Wildman–Crippen MR) is 113 cm³/mol. The Morgan fingerprint density at radius 2 is 2.00 bits per heavy atom. The summed E-state index contributed by atoms with van der Waals surface area (Å²) in [4.78, 5) is 44.8. The van der Waals surface area contributed by atoms with Crippen molar-refractivity contribution in [2.24, 2.45) is 10.9 Å². The molecule has 2 heterocycles. The van der Waals surface area contributed by atoms with Gasteiger partial charge in [-0.1, -0.05) is 17.7 Å². The first kappa shape index (κ1) is 21.2. The predicted octanol–water partition coefficient (Wildman–Crippen LogP) is 3.32. The molecule has 0 saturated carbocycles. The van der Waals surface area contributed by atoms with Crippen LogP contribution >= 0.6 is 11.6 Å². The average molecular weight is 446 g/mol. The number of fused-ring (bicyclic) bond motifs is 1. The fraction of sp³-hybridized carbons (Fsp3) is 0.364. The molecule has 3 aliphatic rings. The molecule has 4 rings (SSSR count). The molecule has 1 aliphatic carbocycles. The van der Waals surface area contributed by atoms with Crippen molar-refractivity contribution in [1.82, 2.24) is 9.80 Å². The normalized spacial score (nSPS) is 21.6. The van der Waals surface area contributed by atoms with Crippen LogP contribution in [0.1, 0.15) is 18.4 Å². The third-order valence-electron chi connectivity index (χ3n) is 5.75. The highest BCUT2D eigenvalue weighted by molar-refractivity contribution is 6.32. The van der Waals surface area contributed by atoms with E-state index in [0.717, 1.165) is 10.5 Å². The van der Waals surface area contributed by atoms with E-state index in [1.165, 1.54) is 25.3 Å². The van der Waals surface area contributed by atoms with Crippen molar-refractivity contribution < 1.29 is 23.5 Å². The molecular weight excluding hydrogens is 425 g/mol. The minimum absolute atomic E-state index is 0.0568. The maximum atomic E-state index is 13.6. The topological polar surface area (TPSA) is 79.3 Å². The van der Waals surface area contributed by atoms with Crippen LogP contribution in [0.2, 0.25) is 5.02 Å². The highest BCUT2D eigenvalue weighted by Gasteiger charge is 2.41. The summed E-state index contributed by atoms with van der Waals surface area (Å²) in [7, 11) is 1.53. The number of benzene rings is 1. The first-order valence-electron chi connectivity index (χ1n) is 9.98. The second-order valence-electron chi connectivity index (χ2n) is 7.65. The smallest absolute Gasteiger partial charge is 0.350 e. The number of allylic oxidation sites excluding steroid dienone is 3. The molecule has 0 bridgehead atoms. The van der Waals surface area contributed by atoms with Gasteiger partial charge in [0.1, 0.15) is 17.5 Å². The van der Waals surface area contributed by atoms with Gasteiger partial charge in [0, 0.05) is 19.1 Å². The molecule has 0 aromatic heterocycles. The third-order valence-corrected chi connectivity index (χ3v) is 6.04. The number of imide groups is 1. The lowest BCUT2D eigenvalue weighted by Crippen LogP contribution is -2.54. The molecule has 9 heteroatoms. The van der Waals surface area contributed by atoms with E-state index in [0.29, 0.717) is 36.7 Å². The van der Waals surface area contributed by atoms with Crippen molar-refractivity contribution in [2.75, 3.05) is 20.2 Å². The van der Waals surface area contributed by atoms with E-state index in [4.69, 9.17) is 16.3 Å². The van der Waals surface area contributed by atoms with Crippen LogP contribution in [0.3, 0.4) is 0 Å². The number of carbonyl (C=O) groups excluding carboxylic acids is 3. The number of ether oxygens (including phenoxy) is 1. The van der Waals surface area contributed by atoms with E-state index in [-0.39, 0.29) is 24.1 Å². The molecule has 31 heavy (non-hydrogen) atoms. The molecule has 1 fully saturated rings. The van der Waals surface area contributed by atoms with E-state index < -0.39 is 23.7 Å². The molecule has 4 amide bonds. The molecule has 0 spiro atoms. The lowest BCUT2D eigenvalue weighted by molar-refractivity contribution is -0.134. The monoisotopic (exact) mass is 445 g/mol. The number of hydrogen-bond acceptors (Lipinski definition) is 4. The number of methoxy groups -OCH3 is 1. The zero-order valence-corrected chi connectivity index (χ0v) is 17.6. The number of halogens is 2. The Morgan fingerprint density at radius 1 is 1.26 bits per heavy atom. The third kappa shape index (κ3) is 4.25. The lowest BCUT2D eigenvalue weighted by Gasteiger charge is -2.39. The SMILES string of the molecule is COc1ccc(CC(=O)N2CCC(N3C(=O)N=C4C=CC(F)=CC4C3=O)CC2)cc1Cl. The summed E-state index contributed by atoms with van der Waals surface area (Å²) in [6.07, 6.45) is 4.82. The summed E-state index contributed by atoms with van der Waals surface area (Å²) in [6.45, 7) is 0.825. The first-order chi connectivity index (χ1) is 14.9. The standard InChI is InChI=1S/C22H21ClFN3O4/c1-31-19-5-2-13(10-17(19)23)11-20(28)26-8-6-15(7-9-26)27-21(29)16-12-14(24)3-4-18(16)25-22(27)30/h2-5,10,12,15-16H,6-9,11H2,1H3. The van der Waals surface area contributed by atoms with Crippen LogP contribution in [-0.2, 0) is 16.0 Å². The number of urea groups is 1. The number of rotatable bonds is 4. The molecule has 2 aliphatic heterocycles. The number of carbonyl (C=O) groups is 3. The van der Waals surface area contributed by atoms with Crippen LogP contribution < -0.4 is 4.74 Å². The number of aliphatic imine (C=N–C) groups is 1. The van der Waals surface area contributed by atoms with Gasteiger partial charge in [-0.25, -0.2) is 9.18 Å². The van der Waals surface area contributed by atoms with Gasteiger partial charge in [-0.15, -0.1) is 0 Å². The molecule has 0 N–H and O–H groups in total. The van der Waals surface area contributed by atoms with Crippen LogP contribution in [0.5, 0.6) is 5.75 Å². The van der Waals surface area contributed by atoms with Crippen LogP contribution in [0, 0.1) is 5.92 Å². The van der Waals surface area contributed by atoms with Gasteiger partial charge in [-0.3, -0.25) is 14.5 Å². The summed E-state index contributed by atoms with van der Waals surface area (Å²) in [6, 6.07) is 4.22.